The van der Waals surface area contributed by atoms with Crippen LogP contribution in [0.4, 0.5) is 4.79 Å². The standard InChI is InChI=1S/C12H23N5O2/c1-4-9(2)11(18)5-14-12(19)16-10(3)6-17-8-13-7-15-17/h7-11,18H,4-6H2,1-3H3,(H2,14,16,19). The summed E-state index contributed by atoms with van der Waals surface area (Å²) in [6.07, 6.45) is 3.42. The molecule has 3 N–H and O–H groups in total. The van der Waals surface area contributed by atoms with Crippen molar-refractivity contribution in [2.75, 3.05) is 6.54 Å². The SMILES string of the molecule is CCC(C)C(O)CNC(=O)NC(C)Cn1cncn1. The lowest BCUT2D eigenvalue weighted by molar-refractivity contribution is 0.114. The first-order chi connectivity index (χ1) is 9.02. The summed E-state index contributed by atoms with van der Waals surface area (Å²) in [6, 6.07) is -0.350. The molecule has 0 fully saturated rings. The normalized spacial score (nSPS) is 15.6. The third-order valence-corrected chi connectivity index (χ3v) is 3.08. The van der Waals surface area contributed by atoms with E-state index in [1.165, 1.54) is 6.33 Å². The summed E-state index contributed by atoms with van der Waals surface area (Å²) in [4.78, 5) is 15.5. The number of rotatable bonds is 7. The highest BCUT2D eigenvalue weighted by Gasteiger charge is 2.14. The molecule has 1 rings (SSSR count). The summed E-state index contributed by atoms with van der Waals surface area (Å²) in [5, 5.41) is 19.2. The predicted octanol–water partition coefficient (Wildman–Crippen LogP) is 0.373. The maximum absolute atomic E-state index is 11.6. The minimum atomic E-state index is -0.513. The lowest BCUT2D eigenvalue weighted by Gasteiger charge is -2.19. The number of aliphatic hydroxyl groups excluding tert-OH is 1. The number of urea groups is 1. The van der Waals surface area contributed by atoms with Crippen molar-refractivity contribution in [2.24, 2.45) is 5.92 Å². The molecule has 0 spiro atoms. The van der Waals surface area contributed by atoms with Crippen LogP contribution in [0.25, 0.3) is 0 Å². The van der Waals surface area contributed by atoms with Gasteiger partial charge < -0.3 is 15.7 Å². The van der Waals surface area contributed by atoms with Gasteiger partial charge in [0, 0.05) is 12.6 Å². The van der Waals surface area contributed by atoms with E-state index in [1.54, 1.807) is 11.0 Å². The van der Waals surface area contributed by atoms with Crippen LogP contribution in [0.5, 0.6) is 0 Å². The fourth-order valence-corrected chi connectivity index (χ4v) is 1.60. The number of nitrogens with zero attached hydrogens (tertiary/aromatic N) is 3. The zero-order valence-electron chi connectivity index (χ0n) is 11.7. The van der Waals surface area contributed by atoms with Crippen LogP contribution in [0.1, 0.15) is 27.2 Å². The number of nitrogens with one attached hydrogen (secondary N) is 2. The van der Waals surface area contributed by atoms with E-state index in [0.29, 0.717) is 6.54 Å². The van der Waals surface area contributed by atoms with Crippen LogP contribution < -0.4 is 10.6 Å². The second-order valence-electron chi connectivity index (χ2n) is 4.83. The Morgan fingerprint density at radius 2 is 2.21 bits per heavy atom. The summed E-state index contributed by atoms with van der Waals surface area (Å²) in [5.41, 5.74) is 0. The van der Waals surface area contributed by atoms with E-state index in [2.05, 4.69) is 20.7 Å². The van der Waals surface area contributed by atoms with Crippen molar-refractivity contribution in [1.29, 1.82) is 0 Å². The fraction of sp³-hybridized carbons (Fsp3) is 0.750. The second kappa shape index (κ2) is 7.73. The molecule has 1 aromatic heterocycles. The Balaban J connectivity index is 2.23. The molecule has 3 atom stereocenters. The van der Waals surface area contributed by atoms with Gasteiger partial charge in [0.2, 0.25) is 0 Å². The van der Waals surface area contributed by atoms with Gasteiger partial charge in [0.05, 0.1) is 12.6 Å². The van der Waals surface area contributed by atoms with Gasteiger partial charge in [-0.05, 0) is 12.8 Å². The Labute approximate surface area is 113 Å². The first-order valence-electron chi connectivity index (χ1n) is 6.57. The fourth-order valence-electron chi connectivity index (χ4n) is 1.60. The molecule has 19 heavy (non-hydrogen) atoms. The largest absolute Gasteiger partial charge is 0.391 e. The maximum atomic E-state index is 11.6. The van der Waals surface area contributed by atoms with E-state index in [-0.39, 0.29) is 24.5 Å². The molecule has 0 bridgehead atoms. The summed E-state index contributed by atoms with van der Waals surface area (Å²) >= 11 is 0. The number of aromatic nitrogens is 3. The third-order valence-electron chi connectivity index (χ3n) is 3.08. The molecule has 2 amide bonds. The molecule has 0 aromatic carbocycles. The number of hydrogen-bond acceptors (Lipinski definition) is 4. The Morgan fingerprint density at radius 3 is 2.79 bits per heavy atom. The highest BCUT2D eigenvalue weighted by atomic mass is 16.3. The van der Waals surface area contributed by atoms with Crippen molar-refractivity contribution in [3.05, 3.63) is 12.7 Å². The molecule has 108 valence electrons. The van der Waals surface area contributed by atoms with Crippen molar-refractivity contribution < 1.29 is 9.90 Å². The minimum absolute atomic E-state index is 0.0672. The number of aliphatic hydroxyl groups is 1. The molecular formula is C12H23N5O2. The molecule has 0 saturated heterocycles. The average molecular weight is 269 g/mol. The van der Waals surface area contributed by atoms with Crippen molar-refractivity contribution in [3.63, 3.8) is 0 Å². The van der Waals surface area contributed by atoms with E-state index in [1.807, 2.05) is 20.8 Å². The molecule has 0 aliphatic carbocycles. The number of hydrogen-bond donors (Lipinski definition) is 3. The van der Waals surface area contributed by atoms with Gasteiger partial charge in [0.1, 0.15) is 12.7 Å². The van der Waals surface area contributed by atoms with E-state index in [4.69, 9.17) is 0 Å². The molecule has 0 aliphatic rings. The Bertz CT molecular complexity index is 368. The van der Waals surface area contributed by atoms with Gasteiger partial charge in [-0.1, -0.05) is 20.3 Å². The molecule has 7 heteroatoms. The van der Waals surface area contributed by atoms with Crippen molar-refractivity contribution in [1.82, 2.24) is 25.4 Å². The van der Waals surface area contributed by atoms with Crippen LogP contribution in [0.15, 0.2) is 12.7 Å². The zero-order chi connectivity index (χ0) is 14.3. The van der Waals surface area contributed by atoms with E-state index in [0.717, 1.165) is 6.42 Å². The summed E-state index contributed by atoms with van der Waals surface area (Å²) < 4.78 is 1.65. The Kier molecular flexibility index (Phi) is 6.27. The van der Waals surface area contributed by atoms with Crippen LogP contribution in [-0.4, -0.2) is 44.6 Å². The quantitative estimate of drug-likeness (QED) is 0.667. The lowest BCUT2D eigenvalue weighted by atomic mass is 10.0. The summed E-state index contributed by atoms with van der Waals surface area (Å²) in [5.74, 6) is 0.174. The van der Waals surface area contributed by atoms with Crippen LogP contribution in [0, 0.1) is 5.92 Å². The number of amides is 2. The summed E-state index contributed by atoms with van der Waals surface area (Å²) in [6.45, 7) is 6.66. The minimum Gasteiger partial charge on any atom is -0.391 e. The molecule has 1 aromatic rings. The topological polar surface area (TPSA) is 92.1 Å². The molecule has 0 saturated carbocycles. The highest BCUT2D eigenvalue weighted by molar-refractivity contribution is 5.74. The van der Waals surface area contributed by atoms with Crippen LogP contribution >= 0.6 is 0 Å². The molecule has 0 radical (unpaired) electrons. The number of carbonyl (C=O) groups excluding carboxylic acids is 1. The van der Waals surface area contributed by atoms with Gasteiger partial charge >= 0.3 is 6.03 Å². The smallest absolute Gasteiger partial charge is 0.315 e. The monoisotopic (exact) mass is 269 g/mol. The molecule has 7 nitrogen and oxygen atoms in total. The predicted molar refractivity (Wildman–Crippen MR) is 71.5 cm³/mol. The van der Waals surface area contributed by atoms with Crippen LogP contribution in [0.3, 0.4) is 0 Å². The van der Waals surface area contributed by atoms with E-state index >= 15 is 0 Å². The van der Waals surface area contributed by atoms with Crippen LogP contribution in [-0.2, 0) is 6.54 Å². The lowest BCUT2D eigenvalue weighted by Crippen LogP contribution is -2.45. The van der Waals surface area contributed by atoms with Crippen molar-refractivity contribution >= 4 is 6.03 Å². The Morgan fingerprint density at radius 1 is 1.47 bits per heavy atom. The first kappa shape index (κ1) is 15.4. The first-order valence-corrected chi connectivity index (χ1v) is 6.57. The summed E-state index contributed by atoms with van der Waals surface area (Å²) in [7, 11) is 0. The molecule has 3 unspecified atom stereocenters. The van der Waals surface area contributed by atoms with Crippen molar-refractivity contribution in [3.8, 4) is 0 Å². The van der Waals surface area contributed by atoms with Gasteiger partial charge in [-0.15, -0.1) is 0 Å². The molecule has 0 aliphatic heterocycles. The van der Waals surface area contributed by atoms with Gasteiger partial charge in [-0.3, -0.25) is 4.68 Å². The number of carbonyl (C=O) groups is 1. The van der Waals surface area contributed by atoms with Gasteiger partial charge in [0.25, 0.3) is 0 Å². The third kappa shape index (κ3) is 5.69. The average Bonchev–Trinajstić information content (AvgIpc) is 2.87. The van der Waals surface area contributed by atoms with E-state index < -0.39 is 6.10 Å². The van der Waals surface area contributed by atoms with Gasteiger partial charge in [-0.2, -0.15) is 5.10 Å². The van der Waals surface area contributed by atoms with Gasteiger partial charge in [0.15, 0.2) is 0 Å². The Hall–Kier alpha value is -1.63. The molecule has 1 heterocycles. The van der Waals surface area contributed by atoms with Crippen LogP contribution in [0.2, 0.25) is 0 Å². The zero-order valence-corrected chi connectivity index (χ0v) is 11.7. The maximum Gasteiger partial charge on any atom is 0.315 e. The molecular weight excluding hydrogens is 246 g/mol. The van der Waals surface area contributed by atoms with Gasteiger partial charge in [-0.25, -0.2) is 9.78 Å². The van der Waals surface area contributed by atoms with E-state index in [9.17, 15) is 9.90 Å². The highest BCUT2D eigenvalue weighted by Crippen LogP contribution is 2.05. The van der Waals surface area contributed by atoms with Crippen molar-refractivity contribution in [2.45, 2.75) is 45.9 Å². The second-order valence-corrected chi connectivity index (χ2v) is 4.83.